The van der Waals surface area contributed by atoms with E-state index in [4.69, 9.17) is 16.0 Å². The van der Waals surface area contributed by atoms with Gasteiger partial charge in [-0.25, -0.2) is 4.79 Å². The first kappa shape index (κ1) is 15.7. The molecule has 0 unspecified atom stereocenters. The van der Waals surface area contributed by atoms with Crippen molar-refractivity contribution >= 4 is 34.5 Å². The molecule has 3 rings (SSSR count). The number of benzene rings is 1. The third-order valence-electron chi connectivity index (χ3n) is 4.00. The van der Waals surface area contributed by atoms with Crippen LogP contribution in [-0.2, 0) is 4.79 Å². The zero-order chi connectivity index (χ0) is 16.6. The molecule has 1 aliphatic rings. The molecule has 1 aromatic carbocycles. The summed E-state index contributed by atoms with van der Waals surface area (Å²) >= 11 is 5.96. The number of nitrogens with zero attached hydrogens (tertiary/aromatic N) is 1. The van der Waals surface area contributed by atoms with E-state index in [0.717, 1.165) is 5.39 Å². The Balaban J connectivity index is 1.64. The minimum atomic E-state index is -0.457. The molecule has 1 saturated heterocycles. The van der Waals surface area contributed by atoms with E-state index in [1.54, 1.807) is 24.1 Å². The second-order valence-electron chi connectivity index (χ2n) is 5.77. The Kier molecular flexibility index (Phi) is 4.17. The summed E-state index contributed by atoms with van der Waals surface area (Å²) in [7, 11) is 1.73. The molecule has 7 heteroatoms. The number of halogens is 1. The van der Waals surface area contributed by atoms with Crippen molar-refractivity contribution in [2.45, 2.75) is 25.4 Å². The average Bonchev–Trinajstić information content (AvgIpc) is 3.05. The second kappa shape index (κ2) is 6.12. The first-order valence-electron chi connectivity index (χ1n) is 7.45. The van der Waals surface area contributed by atoms with Crippen molar-refractivity contribution in [2.75, 3.05) is 13.6 Å². The van der Waals surface area contributed by atoms with Gasteiger partial charge in [-0.15, -0.1) is 0 Å². The monoisotopic (exact) mass is 335 g/mol. The van der Waals surface area contributed by atoms with Crippen LogP contribution in [0, 0.1) is 0 Å². The molecule has 3 amide bonds. The van der Waals surface area contributed by atoms with Gasteiger partial charge in [-0.05, 0) is 37.6 Å². The molecule has 1 aliphatic heterocycles. The van der Waals surface area contributed by atoms with Gasteiger partial charge >= 0.3 is 6.03 Å². The van der Waals surface area contributed by atoms with E-state index >= 15 is 0 Å². The van der Waals surface area contributed by atoms with Crippen LogP contribution in [-0.4, -0.2) is 36.5 Å². The lowest BCUT2D eigenvalue weighted by molar-refractivity contribution is -0.128. The number of furan rings is 1. The molecular formula is C16H18ClN3O3. The van der Waals surface area contributed by atoms with Gasteiger partial charge in [0.25, 0.3) is 0 Å². The lowest BCUT2D eigenvalue weighted by atomic mass is 10.2. The standard InChI is InChI=1S/C16H18ClN3O3/c1-9(14-8-10-7-11(17)3-4-13(10)23-14)18-16(22)19-12-5-6-20(2)15(12)21/h3-4,7-9,12H,5-6H2,1-2H3,(H2,18,19,22)/t9-,12+/m1/s1. The maximum Gasteiger partial charge on any atom is 0.316 e. The maximum atomic E-state index is 12.0. The fraction of sp³-hybridized carbons (Fsp3) is 0.375. The number of likely N-dealkylation sites (N-methyl/N-ethyl adjacent to an activating group) is 1. The number of nitrogens with one attached hydrogen (secondary N) is 2. The molecule has 0 radical (unpaired) electrons. The van der Waals surface area contributed by atoms with Crippen LogP contribution in [0.1, 0.15) is 25.1 Å². The van der Waals surface area contributed by atoms with Crippen LogP contribution in [0.4, 0.5) is 4.79 Å². The Morgan fingerprint density at radius 2 is 2.22 bits per heavy atom. The van der Waals surface area contributed by atoms with E-state index in [1.165, 1.54) is 0 Å². The van der Waals surface area contributed by atoms with Crippen molar-refractivity contribution in [2.24, 2.45) is 0 Å². The van der Waals surface area contributed by atoms with Crippen LogP contribution in [0.3, 0.4) is 0 Å². The summed E-state index contributed by atoms with van der Waals surface area (Å²) in [5.41, 5.74) is 0.714. The molecule has 2 atom stereocenters. The number of rotatable bonds is 3. The van der Waals surface area contributed by atoms with E-state index in [0.29, 0.717) is 29.3 Å². The first-order chi connectivity index (χ1) is 10.9. The molecular weight excluding hydrogens is 318 g/mol. The number of hydrogen-bond acceptors (Lipinski definition) is 3. The third kappa shape index (κ3) is 3.27. The molecule has 23 heavy (non-hydrogen) atoms. The number of fused-ring (bicyclic) bond motifs is 1. The number of urea groups is 1. The Morgan fingerprint density at radius 3 is 2.91 bits per heavy atom. The SMILES string of the molecule is C[C@@H](NC(=O)N[C@H]1CCN(C)C1=O)c1cc2cc(Cl)ccc2o1. The highest BCUT2D eigenvalue weighted by molar-refractivity contribution is 6.31. The van der Waals surface area contributed by atoms with E-state index in [2.05, 4.69) is 10.6 Å². The normalized spacial score (nSPS) is 19.2. The Labute approximate surface area is 138 Å². The summed E-state index contributed by atoms with van der Waals surface area (Å²) < 4.78 is 5.72. The van der Waals surface area contributed by atoms with Gasteiger partial charge in [0.1, 0.15) is 17.4 Å². The van der Waals surface area contributed by atoms with Gasteiger partial charge in [0.2, 0.25) is 5.91 Å². The van der Waals surface area contributed by atoms with Gasteiger partial charge in [-0.3, -0.25) is 4.79 Å². The molecule has 2 N–H and O–H groups in total. The molecule has 2 aromatic rings. The molecule has 2 heterocycles. The summed E-state index contributed by atoms with van der Waals surface area (Å²) in [5, 5.41) is 7.00. The van der Waals surface area contributed by atoms with Crippen LogP contribution in [0.25, 0.3) is 11.0 Å². The summed E-state index contributed by atoms with van der Waals surface area (Å²) in [5.74, 6) is 0.568. The van der Waals surface area contributed by atoms with Crippen LogP contribution < -0.4 is 10.6 Å². The molecule has 6 nitrogen and oxygen atoms in total. The van der Waals surface area contributed by atoms with E-state index in [9.17, 15) is 9.59 Å². The minimum Gasteiger partial charge on any atom is -0.459 e. The van der Waals surface area contributed by atoms with Crippen molar-refractivity contribution in [3.05, 3.63) is 35.0 Å². The zero-order valence-electron chi connectivity index (χ0n) is 12.9. The minimum absolute atomic E-state index is 0.0637. The van der Waals surface area contributed by atoms with Gasteiger partial charge in [-0.2, -0.15) is 0 Å². The molecule has 0 saturated carbocycles. The van der Waals surface area contributed by atoms with Gasteiger partial charge in [0.15, 0.2) is 0 Å². The highest BCUT2D eigenvalue weighted by atomic mass is 35.5. The summed E-state index contributed by atoms with van der Waals surface area (Å²) in [4.78, 5) is 25.5. The van der Waals surface area contributed by atoms with Crippen molar-refractivity contribution in [3.63, 3.8) is 0 Å². The van der Waals surface area contributed by atoms with E-state index in [-0.39, 0.29) is 18.0 Å². The molecule has 1 fully saturated rings. The molecule has 0 spiro atoms. The Bertz CT molecular complexity index is 758. The van der Waals surface area contributed by atoms with Gasteiger partial charge in [0.05, 0.1) is 6.04 Å². The van der Waals surface area contributed by atoms with Crippen LogP contribution in [0.2, 0.25) is 5.02 Å². The summed E-state index contributed by atoms with van der Waals surface area (Å²) in [6.07, 6.45) is 0.625. The topological polar surface area (TPSA) is 74.6 Å². The maximum absolute atomic E-state index is 12.0. The zero-order valence-corrected chi connectivity index (χ0v) is 13.7. The van der Waals surface area contributed by atoms with Gasteiger partial charge < -0.3 is 20.0 Å². The van der Waals surface area contributed by atoms with Crippen LogP contribution >= 0.6 is 11.6 Å². The van der Waals surface area contributed by atoms with Crippen molar-refractivity contribution < 1.29 is 14.0 Å². The van der Waals surface area contributed by atoms with Gasteiger partial charge in [0, 0.05) is 24.0 Å². The predicted octanol–water partition coefficient (Wildman–Crippen LogP) is 2.68. The highest BCUT2D eigenvalue weighted by Crippen LogP contribution is 2.26. The largest absolute Gasteiger partial charge is 0.459 e. The van der Waals surface area contributed by atoms with Crippen molar-refractivity contribution in [1.29, 1.82) is 0 Å². The van der Waals surface area contributed by atoms with Gasteiger partial charge in [-0.1, -0.05) is 11.6 Å². The Hall–Kier alpha value is -2.21. The lowest BCUT2D eigenvalue weighted by Gasteiger charge is -2.15. The number of hydrogen-bond donors (Lipinski definition) is 2. The number of carbonyl (C=O) groups is 2. The average molecular weight is 336 g/mol. The lowest BCUT2D eigenvalue weighted by Crippen LogP contribution is -2.46. The van der Waals surface area contributed by atoms with E-state index in [1.807, 2.05) is 19.1 Å². The fourth-order valence-corrected chi connectivity index (χ4v) is 2.85. The van der Waals surface area contributed by atoms with E-state index < -0.39 is 6.04 Å². The Morgan fingerprint density at radius 1 is 1.43 bits per heavy atom. The number of likely N-dealkylation sites (tertiary alicyclic amines) is 1. The third-order valence-corrected chi connectivity index (χ3v) is 4.24. The fourth-order valence-electron chi connectivity index (χ4n) is 2.67. The second-order valence-corrected chi connectivity index (χ2v) is 6.21. The highest BCUT2D eigenvalue weighted by Gasteiger charge is 2.30. The van der Waals surface area contributed by atoms with Crippen LogP contribution in [0.5, 0.6) is 0 Å². The summed E-state index contributed by atoms with van der Waals surface area (Å²) in [6.45, 7) is 2.48. The molecule has 0 aliphatic carbocycles. The first-order valence-corrected chi connectivity index (χ1v) is 7.83. The summed E-state index contributed by atoms with van der Waals surface area (Å²) in [6, 6.07) is 6.04. The quantitative estimate of drug-likeness (QED) is 0.905. The smallest absolute Gasteiger partial charge is 0.316 e. The van der Waals surface area contributed by atoms with Crippen LogP contribution in [0.15, 0.2) is 28.7 Å². The number of amides is 3. The molecule has 122 valence electrons. The molecule has 1 aromatic heterocycles. The predicted molar refractivity (Wildman–Crippen MR) is 87.3 cm³/mol. The molecule has 0 bridgehead atoms. The number of carbonyl (C=O) groups excluding carboxylic acids is 2. The van der Waals surface area contributed by atoms with Crippen molar-refractivity contribution in [1.82, 2.24) is 15.5 Å². The van der Waals surface area contributed by atoms with Crippen molar-refractivity contribution in [3.8, 4) is 0 Å².